The Hall–Kier alpha value is -3.00. The van der Waals surface area contributed by atoms with Crippen LogP contribution in [0, 0.1) is 6.92 Å². The summed E-state index contributed by atoms with van der Waals surface area (Å²) in [5.74, 6) is 0.766. The van der Waals surface area contributed by atoms with Gasteiger partial charge >= 0.3 is 0 Å². The number of para-hydroxylation sites is 1. The van der Waals surface area contributed by atoms with Crippen molar-refractivity contribution in [2.75, 3.05) is 0 Å². The Balaban J connectivity index is 2.04. The van der Waals surface area contributed by atoms with Crippen molar-refractivity contribution >= 4 is 10.9 Å². The maximum atomic E-state index is 4.89. The van der Waals surface area contributed by atoms with E-state index < -0.39 is 0 Å². The Morgan fingerprint density at radius 3 is 2.17 bits per heavy atom. The van der Waals surface area contributed by atoms with Crippen LogP contribution in [0.25, 0.3) is 33.5 Å². The van der Waals surface area contributed by atoms with Crippen LogP contribution in [0.2, 0.25) is 0 Å². The summed E-state index contributed by atoms with van der Waals surface area (Å²) >= 11 is 0. The average molecular weight is 296 g/mol. The molecule has 0 radical (unpaired) electrons. The molecule has 0 saturated carbocycles. The molecule has 0 amide bonds. The second-order valence-corrected chi connectivity index (χ2v) is 5.59. The average Bonchev–Trinajstić information content (AvgIpc) is 2.62. The highest BCUT2D eigenvalue weighted by Crippen LogP contribution is 2.30. The first-order chi connectivity index (χ1) is 11.3. The van der Waals surface area contributed by atoms with Crippen LogP contribution in [0.5, 0.6) is 0 Å². The van der Waals surface area contributed by atoms with Crippen LogP contribution in [-0.4, -0.2) is 9.97 Å². The largest absolute Gasteiger partial charge is 0.228 e. The van der Waals surface area contributed by atoms with Crippen molar-refractivity contribution in [3.63, 3.8) is 0 Å². The molecule has 0 atom stereocenters. The van der Waals surface area contributed by atoms with Gasteiger partial charge in [0.25, 0.3) is 0 Å². The maximum Gasteiger partial charge on any atom is 0.160 e. The fourth-order valence-electron chi connectivity index (χ4n) is 2.84. The number of aromatic nitrogens is 2. The van der Waals surface area contributed by atoms with Crippen molar-refractivity contribution in [3.05, 3.63) is 84.4 Å². The molecule has 0 saturated heterocycles. The molecule has 4 aromatic rings. The molecule has 0 fully saturated rings. The molecule has 0 aliphatic rings. The highest BCUT2D eigenvalue weighted by atomic mass is 14.9. The molecule has 1 aromatic heterocycles. The zero-order valence-corrected chi connectivity index (χ0v) is 12.9. The Morgan fingerprint density at radius 2 is 1.35 bits per heavy atom. The highest BCUT2D eigenvalue weighted by molar-refractivity contribution is 5.94. The third-order valence-electron chi connectivity index (χ3n) is 4.04. The molecular formula is C21H16N2. The fourth-order valence-corrected chi connectivity index (χ4v) is 2.84. The van der Waals surface area contributed by atoms with E-state index >= 15 is 0 Å². The van der Waals surface area contributed by atoms with Crippen LogP contribution in [0.1, 0.15) is 5.56 Å². The van der Waals surface area contributed by atoms with E-state index in [0.29, 0.717) is 0 Å². The standard InChI is InChI=1S/C21H16N2/c1-15-9-5-6-12-17(15)20-18-13-7-8-14-19(18)22-21(23-20)16-10-3-2-4-11-16/h2-14H,1H3. The van der Waals surface area contributed by atoms with Gasteiger partial charge in [-0.15, -0.1) is 0 Å². The molecular weight excluding hydrogens is 280 g/mol. The van der Waals surface area contributed by atoms with Crippen LogP contribution in [0.4, 0.5) is 0 Å². The van der Waals surface area contributed by atoms with E-state index in [1.807, 2.05) is 48.5 Å². The molecule has 23 heavy (non-hydrogen) atoms. The number of fused-ring (bicyclic) bond motifs is 1. The second-order valence-electron chi connectivity index (χ2n) is 5.59. The number of nitrogens with zero attached hydrogens (tertiary/aromatic N) is 2. The molecule has 0 bridgehead atoms. The number of hydrogen-bond acceptors (Lipinski definition) is 2. The van der Waals surface area contributed by atoms with Crippen molar-refractivity contribution in [2.24, 2.45) is 0 Å². The lowest BCUT2D eigenvalue weighted by Crippen LogP contribution is -1.96. The van der Waals surface area contributed by atoms with Crippen molar-refractivity contribution in [1.29, 1.82) is 0 Å². The summed E-state index contributed by atoms with van der Waals surface area (Å²) in [5.41, 5.74) is 5.37. The van der Waals surface area contributed by atoms with Crippen molar-refractivity contribution in [2.45, 2.75) is 6.92 Å². The lowest BCUT2D eigenvalue weighted by atomic mass is 10.0. The lowest BCUT2D eigenvalue weighted by molar-refractivity contribution is 1.22. The molecule has 4 rings (SSSR count). The quantitative estimate of drug-likeness (QED) is 0.503. The van der Waals surface area contributed by atoms with Gasteiger partial charge in [-0.1, -0.05) is 72.8 Å². The summed E-state index contributed by atoms with van der Waals surface area (Å²) in [7, 11) is 0. The number of aryl methyl sites for hydroxylation is 1. The van der Waals surface area contributed by atoms with Gasteiger partial charge in [0, 0.05) is 16.5 Å². The van der Waals surface area contributed by atoms with Crippen LogP contribution in [0.3, 0.4) is 0 Å². The molecule has 3 aromatic carbocycles. The molecule has 0 unspecified atom stereocenters. The van der Waals surface area contributed by atoms with Gasteiger partial charge < -0.3 is 0 Å². The first-order valence-electron chi connectivity index (χ1n) is 7.71. The fraction of sp³-hybridized carbons (Fsp3) is 0.0476. The first kappa shape index (κ1) is 13.6. The van der Waals surface area contributed by atoms with Gasteiger partial charge in [0.15, 0.2) is 5.82 Å². The van der Waals surface area contributed by atoms with Gasteiger partial charge in [-0.25, -0.2) is 9.97 Å². The topological polar surface area (TPSA) is 25.8 Å². The second kappa shape index (κ2) is 5.65. The van der Waals surface area contributed by atoms with Crippen molar-refractivity contribution in [1.82, 2.24) is 9.97 Å². The van der Waals surface area contributed by atoms with Gasteiger partial charge in [0.1, 0.15) is 0 Å². The van der Waals surface area contributed by atoms with E-state index in [1.165, 1.54) is 5.56 Å². The first-order valence-corrected chi connectivity index (χ1v) is 7.71. The Kier molecular flexibility index (Phi) is 3.35. The molecule has 110 valence electrons. The van der Waals surface area contributed by atoms with Crippen LogP contribution >= 0.6 is 0 Å². The summed E-state index contributed by atoms with van der Waals surface area (Å²) in [6.45, 7) is 2.12. The van der Waals surface area contributed by atoms with E-state index in [1.54, 1.807) is 0 Å². The highest BCUT2D eigenvalue weighted by Gasteiger charge is 2.12. The smallest absolute Gasteiger partial charge is 0.160 e. The number of hydrogen-bond donors (Lipinski definition) is 0. The van der Waals surface area contributed by atoms with Crippen LogP contribution < -0.4 is 0 Å². The Bertz CT molecular complexity index is 975. The Labute approximate surface area is 135 Å². The molecule has 1 heterocycles. The minimum atomic E-state index is 0.766. The predicted molar refractivity (Wildman–Crippen MR) is 95.1 cm³/mol. The number of rotatable bonds is 2. The van der Waals surface area contributed by atoms with Gasteiger partial charge in [-0.3, -0.25) is 0 Å². The van der Waals surface area contributed by atoms with Gasteiger partial charge in [-0.2, -0.15) is 0 Å². The summed E-state index contributed by atoms with van der Waals surface area (Å²) in [6.07, 6.45) is 0. The third kappa shape index (κ3) is 2.49. The van der Waals surface area contributed by atoms with Crippen molar-refractivity contribution < 1.29 is 0 Å². The molecule has 0 aliphatic heterocycles. The molecule has 0 spiro atoms. The van der Waals surface area contributed by atoms with Gasteiger partial charge in [-0.05, 0) is 18.6 Å². The minimum Gasteiger partial charge on any atom is -0.228 e. The zero-order valence-electron chi connectivity index (χ0n) is 12.9. The molecule has 0 N–H and O–H groups in total. The van der Waals surface area contributed by atoms with Gasteiger partial charge in [0.05, 0.1) is 11.2 Å². The van der Waals surface area contributed by atoms with Crippen LogP contribution in [0.15, 0.2) is 78.9 Å². The molecule has 2 heteroatoms. The summed E-state index contributed by atoms with van der Waals surface area (Å²) in [5, 5.41) is 1.08. The number of benzene rings is 3. The van der Waals surface area contributed by atoms with E-state index in [-0.39, 0.29) is 0 Å². The third-order valence-corrected chi connectivity index (χ3v) is 4.04. The van der Waals surface area contributed by atoms with E-state index in [9.17, 15) is 0 Å². The summed E-state index contributed by atoms with van der Waals surface area (Å²) in [4.78, 5) is 9.64. The Morgan fingerprint density at radius 1 is 0.652 bits per heavy atom. The predicted octanol–water partition coefficient (Wildman–Crippen LogP) is 5.27. The summed E-state index contributed by atoms with van der Waals surface area (Å²) < 4.78 is 0. The molecule has 0 aliphatic carbocycles. The maximum absolute atomic E-state index is 4.89. The normalized spacial score (nSPS) is 10.8. The zero-order chi connectivity index (χ0) is 15.6. The monoisotopic (exact) mass is 296 g/mol. The van der Waals surface area contributed by atoms with Crippen LogP contribution in [-0.2, 0) is 0 Å². The lowest BCUT2D eigenvalue weighted by Gasteiger charge is -2.11. The van der Waals surface area contributed by atoms with Gasteiger partial charge in [0.2, 0.25) is 0 Å². The van der Waals surface area contributed by atoms with E-state index in [4.69, 9.17) is 9.97 Å². The van der Waals surface area contributed by atoms with Crippen molar-refractivity contribution in [3.8, 4) is 22.6 Å². The summed E-state index contributed by atoms with van der Waals surface area (Å²) in [6, 6.07) is 26.7. The SMILES string of the molecule is Cc1ccccc1-c1nc(-c2ccccc2)nc2ccccc12. The molecule has 2 nitrogen and oxygen atoms in total. The van der Waals surface area contributed by atoms with E-state index in [2.05, 4.69) is 37.3 Å². The minimum absolute atomic E-state index is 0.766. The van der Waals surface area contributed by atoms with E-state index in [0.717, 1.165) is 33.5 Å².